The summed E-state index contributed by atoms with van der Waals surface area (Å²) in [5, 5.41) is 0.522. The number of nitrogens with zero attached hydrogens (tertiary/aromatic N) is 1. The van der Waals surface area contributed by atoms with Gasteiger partial charge in [-0.15, -0.1) is 0 Å². The van der Waals surface area contributed by atoms with E-state index in [1.165, 1.54) is 7.11 Å². The van der Waals surface area contributed by atoms with Crippen LogP contribution in [0.5, 0.6) is 0 Å². The third kappa shape index (κ3) is 3.18. The van der Waals surface area contributed by atoms with Gasteiger partial charge in [-0.3, -0.25) is 0 Å². The molecular formula is C15H21ClN2O2. The zero-order valence-electron chi connectivity index (χ0n) is 12.0. The number of carbonyl (C=O) groups excluding carboxylic acids is 1. The molecule has 5 heteroatoms. The highest BCUT2D eigenvalue weighted by molar-refractivity contribution is 6.34. The van der Waals surface area contributed by atoms with Crippen molar-refractivity contribution in [2.24, 2.45) is 0 Å². The molecule has 2 rings (SSSR count). The maximum Gasteiger partial charge on any atom is 0.340 e. The number of hydrogen-bond donors (Lipinski definition) is 1. The van der Waals surface area contributed by atoms with Crippen molar-refractivity contribution in [3.05, 3.63) is 22.7 Å². The van der Waals surface area contributed by atoms with Crippen molar-refractivity contribution in [2.75, 3.05) is 24.3 Å². The van der Waals surface area contributed by atoms with Crippen LogP contribution in [0.2, 0.25) is 5.02 Å². The van der Waals surface area contributed by atoms with Gasteiger partial charge in [0.15, 0.2) is 0 Å². The molecule has 0 aromatic heterocycles. The monoisotopic (exact) mass is 296 g/mol. The topological polar surface area (TPSA) is 55.6 Å². The first-order chi connectivity index (χ1) is 9.58. The molecule has 0 saturated heterocycles. The molecule has 20 heavy (non-hydrogen) atoms. The Hall–Kier alpha value is -1.42. The van der Waals surface area contributed by atoms with Crippen molar-refractivity contribution in [2.45, 2.75) is 38.6 Å². The van der Waals surface area contributed by atoms with E-state index in [4.69, 9.17) is 22.1 Å². The van der Waals surface area contributed by atoms with E-state index < -0.39 is 5.97 Å². The van der Waals surface area contributed by atoms with Crippen LogP contribution in [0.4, 0.5) is 11.4 Å². The minimum Gasteiger partial charge on any atom is -0.465 e. The van der Waals surface area contributed by atoms with Crippen LogP contribution in [0.1, 0.15) is 43.0 Å². The summed E-state index contributed by atoms with van der Waals surface area (Å²) >= 11 is 6.35. The minimum absolute atomic E-state index is 0.392. The van der Waals surface area contributed by atoms with Gasteiger partial charge in [-0.2, -0.15) is 0 Å². The SMILES string of the molecule is CCCCN(c1c(Cl)cc(N)cc1C(=O)OC)C1CC1. The van der Waals surface area contributed by atoms with Crippen molar-refractivity contribution >= 4 is 28.9 Å². The van der Waals surface area contributed by atoms with E-state index in [-0.39, 0.29) is 0 Å². The highest BCUT2D eigenvalue weighted by Crippen LogP contribution is 2.39. The van der Waals surface area contributed by atoms with Crippen molar-refractivity contribution in [3.8, 4) is 0 Å². The fourth-order valence-electron chi connectivity index (χ4n) is 2.37. The summed E-state index contributed by atoms with van der Waals surface area (Å²) < 4.78 is 4.86. The number of anilines is 2. The lowest BCUT2D eigenvalue weighted by Gasteiger charge is -2.27. The highest BCUT2D eigenvalue weighted by Gasteiger charge is 2.32. The van der Waals surface area contributed by atoms with Gasteiger partial charge in [-0.25, -0.2) is 4.79 Å². The summed E-state index contributed by atoms with van der Waals surface area (Å²) in [4.78, 5) is 14.2. The van der Waals surface area contributed by atoms with Crippen LogP contribution >= 0.6 is 11.6 Å². The number of nitrogen functional groups attached to an aromatic ring is 1. The molecule has 0 spiro atoms. The number of carbonyl (C=O) groups is 1. The van der Waals surface area contributed by atoms with Gasteiger partial charge in [0, 0.05) is 18.3 Å². The number of methoxy groups -OCH3 is 1. The second-order valence-electron chi connectivity index (χ2n) is 5.17. The van der Waals surface area contributed by atoms with E-state index >= 15 is 0 Å². The van der Waals surface area contributed by atoms with Gasteiger partial charge in [-0.1, -0.05) is 24.9 Å². The first kappa shape index (κ1) is 15.0. The van der Waals surface area contributed by atoms with Gasteiger partial charge >= 0.3 is 5.97 Å². The van der Waals surface area contributed by atoms with E-state index in [1.54, 1.807) is 12.1 Å². The molecule has 1 aliphatic carbocycles. The van der Waals surface area contributed by atoms with Crippen molar-refractivity contribution < 1.29 is 9.53 Å². The third-order valence-corrected chi connectivity index (χ3v) is 3.81. The number of benzene rings is 1. The van der Waals surface area contributed by atoms with Gasteiger partial charge in [0.2, 0.25) is 0 Å². The second kappa shape index (κ2) is 6.35. The lowest BCUT2D eigenvalue weighted by atomic mass is 10.1. The van der Waals surface area contributed by atoms with Gasteiger partial charge in [0.25, 0.3) is 0 Å². The number of esters is 1. The van der Waals surface area contributed by atoms with E-state index in [0.29, 0.717) is 22.3 Å². The Bertz CT molecular complexity index is 501. The Morgan fingerprint density at radius 2 is 2.20 bits per heavy atom. The van der Waals surface area contributed by atoms with E-state index in [1.807, 2.05) is 0 Å². The molecule has 0 amide bonds. The molecular weight excluding hydrogens is 276 g/mol. The molecule has 0 unspecified atom stereocenters. The Morgan fingerprint density at radius 3 is 2.75 bits per heavy atom. The van der Waals surface area contributed by atoms with Crippen LogP contribution in [0, 0.1) is 0 Å². The molecule has 1 aromatic rings. The van der Waals surface area contributed by atoms with Gasteiger partial charge < -0.3 is 15.4 Å². The average molecular weight is 297 g/mol. The maximum atomic E-state index is 12.0. The molecule has 2 N–H and O–H groups in total. The van der Waals surface area contributed by atoms with Gasteiger partial charge in [0.1, 0.15) is 0 Å². The predicted molar refractivity (Wildman–Crippen MR) is 82.5 cm³/mol. The number of unbranched alkanes of at least 4 members (excludes halogenated alkanes) is 1. The average Bonchev–Trinajstić information content (AvgIpc) is 3.24. The summed E-state index contributed by atoms with van der Waals surface area (Å²) in [5.41, 5.74) is 7.51. The number of halogens is 1. The molecule has 1 saturated carbocycles. The Morgan fingerprint density at radius 1 is 1.50 bits per heavy atom. The summed E-state index contributed by atoms with van der Waals surface area (Å²) in [6.07, 6.45) is 4.46. The van der Waals surface area contributed by atoms with Gasteiger partial charge in [-0.05, 0) is 31.4 Å². The van der Waals surface area contributed by atoms with E-state index in [9.17, 15) is 4.79 Å². The molecule has 1 aliphatic rings. The normalized spacial score (nSPS) is 14.2. The van der Waals surface area contributed by atoms with Crippen LogP contribution in [-0.2, 0) is 4.74 Å². The zero-order chi connectivity index (χ0) is 14.7. The summed E-state index contributed by atoms with van der Waals surface area (Å²) in [6.45, 7) is 3.05. The van der Waals surface area contributed by atoms with Crippen LogP contribution in [0.25, 0.3) is 0 Å². The van der Waals surface area contributed by atoms with Crippen LogP contribution in [0.3, 0.4) is 0 Å². The first-order valence-corrected chi connectivity index (χ1v) is 7.40. The minimum atomic E-state index is -0.392. The highest BCUT2D eigenvalue weighted by atomic mass is 35.5. The fraction of sp³-hybridized carbons (Fsp3) is 0.533. The molecule has 0 radical (unpaired) electrons. The van der Waals surface area contributed by atoms with Crippen LogP contribution in [-0.4, -0.2) is 25.7 Å². The zero-order valence-corrected chi connectivity index (χ0v) is 12.7. The fourth-order valence-corrected chi connectivity index (χ4v) is 2.71. The molecule has 0 heterocycles. The Balaban J connectivity index is 2.43. The summed E-state index contributed by atoms with van der Waals surface area (Å²) in [6, 6.07) is 3.82. The third-order valence-electron chi connectivity index (χ3n) is 3.52. The quantitative estimate of drug-likeness (QED) is 0.645. The Labute approximate surface area is 124 Å². The van der Waals surface area contributed by atoms with E-state index in [2.05, 4.69) is 11.8 Å². The lowest BCUT2D eigenvalue weighted by molar-refractivity contribution is 0.0601. The van der Waals surface area contributed by atoms with Crippen molar-refractivity contribution in [1.29, 1.82) is 0 Å². The van der Waals surface area contributed by atoms with Gasteiger partial charge in [0.05, 0.1) is 23.4 Å². The molecule has 1 aromatic carbocycles. The standard InChI is InChI=1S/C15H21ClN2O2/c1-3-4-7-18(11-5-6-11)14-12(15(19)20-2)8-10(17)9-13(14)16/h8-9,11H,3-7,17H2,1-2H3. The molecule has 1 fully saturated rings. The van der Waals surface area contributed by atoms with Crippen molar-refractivity contribution in [1.82, 2.24) is 0 Å². The largest absolute Gasteiger partial charge is 0.465 e. The molecule has 110 valence electrons. The number of ether oxygens (including phenoxy) is 1. The molecule has 0 bridgehead atoms. The number of nitrogens with two attached hydrogens (primary N) is 1. The maximum absolute atomic E-state index is 12.0. The first-order valence-electron chi connectivity index (χ1n) is 7.02. The van der Waals surface area contributed by atoms with Crippen LogP contribution in [0.15, 0.2) is 12.1 Å². The number of rotatable bonds is 6. The second-order valence-corrected chi connectivity index (χ2v) is 5.58. The number of hydrogen-bond acceptors (Lipinski definition) is 4. The molecule has 0 aliphatic heterocycles. The smallest absolute Gasteiger partial charge is 0.340 e. The van der Waals surface area contributed by atoms with Crippen LogP contribution < -0.4 is 10.6 Å². The predicted octanol–water partition coefficient (Wildman–Crippen LogP) is 3.48. The summed E-state index contributed by atoms with van der Waals surface area (Å²) in [7, 11) is 1.37. The molecule has 0 atom stereocenters. The summed E-state index contributed by atoms with van der Waals surface area (Å²) in [5.74, 6) is -0.392. The molecule has 4 nitrogen and oxygen atoms in total. The van der Waals surface area contributed by atoms with Crippen molar-refractivity contribution in [3.63, 3.8) is 0 Å². The Kier molecular flexibility index (Phi) is 4.76. The lowest BCUT2D eigenvalue weighted by Crippen LogP contribution is -2.29. The van der Waals surface area contributed by atoms with E-state index in [0.717, 1.165) is 37.9 Å².